The molecule has 128 valence electrons. The zero-order chi connectivity index (χ0) is 17.0. The number of allylic oxidation sites excluding steroid dienone is 1. The molecule has 7 nitrogen and oxygen atoms in total. The minimum absolute atomic E-state index is 0.0596. The van der Waals surface area contributed by atoms with Crippen LogP contribution in [0.5, 0.6) is 0 Å². The second kappa shape index (κ2) is 7.48. The Morgan fingerprint density at radius 3 is 2.87 bits per heavy atom. The number of hydrogen-bond acceptors (Lipinski definition) is 6. The maximum absolute atomic E-state index is 11.9. The minimum atomic E-state index is -2.99. The van der Waals surface area contributed by atoms with Gasteiger partial charge in [0.1, 0.15) is 5.82 Å². The van der Waals surface area contributed by atoms with E-state index in [1.54, 1.807) is 6.08 Å². The quantitative estimate of drug-likeness (QED) is 0.577. The van der Waals surface area contributed by atoms with Crippen molar-refractivity contribution in [3.63, 3.8) is 0 Å². The van der Waals surface area contributed by atoms with Gasteiger partial charge in [-0.15, -0.1) is 16.8 Å². The van der Waals surface area contributed by atoms with Gasteiger partial charge >= 0.3 is 0 Å². The Morgan fingerprint density at radius 2 is 2.30 bits per heavy atom. The highest BCUT2D eigenvalue weighted by atomic mass is 32.2. The molecule has 1 saturated heterocycles. The van der Waals surface area contributed by atoms with Crippen LogP contribution in [-0.4, -0.2) is 52.4 Å². The number of rotatable bonds is 7. The van der Waals surface area contributed by atoms with Gasteiger partial charge in [-0.3, -0.25) is 4.79 Å². The van der Waals surface area contributed by atoms with E-state index in [4.69, 9.17) is 0 Å². The highest BCUT2D eigenvalue weighted by molar-refractivity contribution is 8.00. The average Bonchev–Trinajstić information content (AvgIpc) is 3.03. The fourth-order valence-corrected chi connectivity index (χ4v) is 5.15. The molecule has 2 heterocycles. The molecular formula is C14H22N4O3S2. The van der Waals surface area contributed by atoms with E-state index in [0.717, 1.165) is 0 Å². The predicted molar refractivity (Wildman–Crippen MR) is 90.2 cm³/mol. The van der Waals surface area contributed by atoms with Gasteiger partial charge in [-0.05, 0) is 20.3 Å². The SMILES string of the molecule is C=CCn1c(S[C@H](C)C(=O)NCC)nnc1[C@H]1CCS(=O)(=O)C1. The second-order valence-electron chi connectivity index (χ2n) is 5.49. The Balaban J connectivity index is 2.21. The van der Waals surface area contributed by atoms with Crippen LogP contribution in [0.15, 0.2) is 17.8 Å². The van der Waals surface area contributed by atoms with Crippen LogP contribution in [0.4, 0.5) is 0 Å². The molecule has 9 heteroatoms. The molecule has 0 radical (unpaired) electrons. The van der Waals surface area contributed by atoms with Crippen molar-refractivity contribution in [2.75, 3.05) is 18.1 Å². The molecule has 1 N–H and O–H groups in total. The van der Waals surface area contributed by atoms with E-state index in [1.807, 2.05) is 18.4 Å². The summed E-state index contributed by atoms with van der Waals surface area (Å²) in [5.74, 6) is 0.767. The molecule has 1 fully saturated rings. The monoisotopic (exact) mass is 358 g/mol. The van der Waals surface area contributed by atoms with E-state index >= 15 is 0 Å². The molecule has 0 unspecified atom stereocenters. The number of hydrogen-bond donors (Lipinski definition) is 1. The molecule has 1 amide bonds. The van der Waals surface area contributed by atoms with Gasteiger partial charge < -0.3 is 9.88 Å². The zero-order valence-electron chi connectivity index (χ0n) is 13.4. The molecule has 1 aliphatic heterocycles. The zero-order valence-corrected chi connectivity index (χ0v) is 15.0. The summed E-state index contributed by atoms with van der Waals surface area (Å²) in [4.78, 5) is 11.9. The summed E-state index contributed by atoms with van der Waals surface area (Å²) in [5, 5.41) is 11.4. The van der Waals surface area contributed by atoms with Crippen LogP contribution in [-0.2, 0) is 21.2 Å². The molecule has 2 rings (SSSR count). The topological polar surface area (TPSA) is 93.9 Å². The van der Waals surface area contributed by atoms with Crippen molar-refractivity contribution < 1.29 is 13.2 Å². The van der Waals surface area contributed by atoms with Crippen molar-refractivity contribution in [3.8, 4) is 0 Å². The first-order valence-electron chi connectivity index (χ1n) is 7.56. The highest BCUT2D eigenvalue weighted by Crippen LogP contribution is 2.31. The van der Waals surface area contributed by atoms with Crippen LogP contribution in [0.1, 0.15) is 32.0 Å². The first-order chi connectivity index (χ1) is 10.9. The lowest BCUT2D eigenvalue weighted by Gasteiger charge is -2.13. The van der Waals surface area contributed by atoms with Gasteiger partial charge in [0.2, 0.25) is 5.91 Å². The maximum Gasteiger partial charge on any atom is 0.233 e. The van der Waals surface area contributed by atoms with E-state index < -0.39 is 9.84 Å². The van der Waals surface area contributed by atoms with Crippen LogP contribution in [0.3, 0.4) is 0 Å². The van der Waals surface area contributed by atoms with Crippen molar-refractivity contribution in [2.45, 2.75) is 43.1 Å². The Bertz CT molecular complexity index is 684. The molecule has 0 bridgehead atoms. The lowest BCUT2D eigenvalue weighted by molar-refractivity contribution is -0.120. The van der Waals surface area contributed by atoms with Crippen LogP contribution in [0.2, 0.25) is 0 Å². The van der Waals surface area contributed by atoms with E-state index in [-0.39, 0.29) is 28.6 Å². The summed E-state index contributed by atoms with van der Waals surface area (Å²) in [6.07, 6.45) is 2.28. The Kier molecular flexibility index (Phi) is 5.85. The van der Waals surface area contributed by atoms with Crippen molar-refractivity contribution in [1.29, 1.82) is 0 Å². The first-order valence-corrected chi connectivity index (χ1v) is 10.3. The number of aromatic nitrogens is 3. The van der Waals surface area contributed by atoms with Crippen molar-refractivity contribution in [2.24, 2.45) is 0 Å². The van der Waals surface area contributed by atoms with Crippen molar-refractivity contribution >= 4 is 27.5 Å². The molecular weight excluding hydrogens is 336 g/mol. The van der Waals surface area contributed by atoms with Crippen LogP contribution in [0.25, 0.3) is 0 Å². The van der Waals surface area contributed by atoms with Gasteiger partial charge in [-0.1, -0.05) is 17.8 Å². The molecule has 1 aromatic rings. The molecule has 0 aromatic carbocycles. The summed E-state index contributed by atoms with van der Waals surface area (Å²) < 4.78 is 25.2. The third-order valence-electron chi connectivity index (χ3n) is 3.66. The number of sulfone groups is 1. The largest absolute Gasteiger partial charge is 0.355 e. The average molecular weight is 358 g/mol. The molecule has 23 heavy (non-hydrogen) atoms. The predicted octanol–water partition coefficient (Wildman–Crippen LogP) is 0.983. The summed E-state index contributed by atoms with van der Waals surface area (Å²) in [6, 6.07) is 0. The number of thioether (sulfide) groups is 1. The third-order valence-corrected chi connectivity index (χ3v) is 6.51. The number of carbonyl (C=O) groups excluding carboxylic acids is 1. The molecule has 1 aliphatic rings. The normalized spacial score (nSPS) is 21.0. The fourth-order valence-electron chi connectivity index (χ4n) is 2.52. The van der Waals surface area contributed by atoms with Crippen LogP contribution in [0, 0.1) is 0 Å². The first kappa shape index (κ1) is 18.0. The van der Waals surface area contributed by atoms with Crippen molar-refractivity contribution in [3.05, 3.63) is 18.5 Å². The molecule has 0 saturated carbocycles. The standard InChI is InChI=1S/C14H22N4O3S2/c1-4-7-18-12(11-6-8-23(20,21)9-11)16-17-14(18)22-10(3)13(19)15-5-2/h4,10-11H,1,5-9H2,2-3H3,(H,15,19)/t10-,11+/m1/s1. The molecule has 1 aromatic heterocycles. The maximum atomic E-state index is 11.9. The number of nitrogens with one attached hydrogen (secondary N) is 1. The summed E-state index contributed by atoms with van der Waals surface area (Å²) in [5.41, 5.74) is 0. The van der Waals surface area contributed by atoms with Crippen LogP contribution < -0.4 is 5.32 Å². The van der Waals surface area contributed by atoms with Gasteiger partial charge in [0, 0.05) is 19.0 Å². The van der Waals surface area contributed by atoms with Gasteiger partial charge in [0.25, 0.3) is 0 Å². The van der Waals surface area contributed by atoms with E-state index in [0.29, 0.717) is 30.5 Å². The number of nitrogens with zero attached hydrogens (tertiary/aromatic N) is 3. The summed E-state index contributed by atoms with van der Waals surface area (Å²) >= 11 is 1.32. The van der Waals surface area contributed by atoms with Crippen molar-refractivity contribution in [1.82, 2.24) is 20.1 Å². The van der Waals surface area contributed by atoms with E-state index in [2.05, 4.69) is 22.1 Å². The van der Waals surface area contributed by atoms with Gasteiger partial charge in [-0.2, -0.15) is 0 Å². The number of amides is 1. The van der Waals surface area contributed by atoms with E-state index in [9.17, 15) is 13.2 Å². The molecule has 0 aliphatic carbocycles. The van der Waals surface area contributed by atoms with E-state index in [1.165, 1.54) is 11.8 Å². The second-order valence-corrected chi connectivity index (χ2v) is 9.03. The molecule has 2 atom stereocenters. The Morgan fingerprint density at radius 1 is 1.57 bits per heavy atom. The Hall–Kier alpha value is -1.35. The molecule has 0 spiro atoms. The van der Waals surface area contributed by atoms with Gasteiger partial charge in [0.05, 0.1) is 16.8 Å². The lowest BCUT2D eigenvalue weighted by atomic mass is 10.1. The lowest BCUT2D eigenvalue weighted by Crippen LogP contribution is -2.30. The summed E-state index contributed by atoms with van der Waals surface area (Å²) in [6.45, 7) is 8.48. The van der Waals surface area contributed by atoms with Gasteiger partial charge in [-0.25, -0.2) is 8.42 Å². The van der Waals surface area contributed by atoms with Crippen LogP contribution >= 0.6 is 11.8 Å². The third kappa shape index (κ3) is 4.35. The smallest absolute Gasteiger partial charge is 0.233 e. The highest BCUT2D eigenvalue weighted by Gasteiger charge is 2.33. The number of carbonyl (C=O) groups is 1. The minimum Gasteiger partial charge on any atom is -0.355 e. The van der Waals surface area contributed by atoms with Gasteiger partial charge in [0.15, 0.2) is 15.0 Å². The Labute approximate surface area is 140 Å². The summed E-state index contributed by atoms with van der Waals surface area (Å²) in [7, 11) is -2.99. The fraction of sp³-hybridized carbons (Fsp3) is 0.643.